The maximum Gasteiger partial charge on any atom is 0.416 e. The Morgan fingerprint density at radius 2 is 1.92 bits per heavy atom. The number of hydrogen-bond acceptors (Lipinski definition) is 5. The molecule has 3 rings (SSSR count). The van der Waals surface area contributed by atoms with Crippen molar-refractivity contribution in [3.8, 4) is 11.6 Å². The predicted molar refractivity (Wildman–Crippen MR) is 89.1 cm³/mol. The lowest BCUT2D eigenvalue weighted by Gasteiger charge is -2.13. The van der Waals surface area contributed by atoms with Gasteiger partial charge in [0.2, 0.25) is 5.88 Å². The number of rotatable bonds is 6. The number of ether oxygens (including phenoxy) is 1. The van der Waals surface area contributed by atoms with Gasteiger partial charge in [-0.05, 0) is 30.7 Å². The third-order valence-corrected chi connectivity index (χ3v) is 3.51. The van der Waals surface area contributed by atoms with E-state index in [4.69, 9.17) is 4.74 Å². The van der Waals surface area contributed by atoms with E-state index in [1.807, 2.05) is 24.3 Å². The van der Waals surface area contributed by atoms with Gasteiger partial charge in [0.1, 0.15) is 18.5 Å². The molecule has 0 saturated heterocycles. The van der Waals surface area contributed by atoms with Crippen LogP contribution in [0.3, 0.4) is 0 Å². The highest BCUT2D eigenvalue weighted by Gasteiger charge is 2.32. The number of nitrogens with one attached hydrogen (secondary N) is 1. The van der Waals surface area contributed by atoms with Gasteiger partial charge in [-0.15, -0.1) is 0 Å². The normalized spacial score (nSPS) is 11.4. The molecule has 0 aliphatic rings. The van der Waals surface area contributed by atoms with Crippen LogP contribution >= 0.6 is 0 Å². The Bertz CT molecular complexity index is 848. The number of halogens is 3. The van der Waals surface area contributed by atoms with Crippen LogP contribution in [0.4, 0.5) is 19.0 Å². The first-order valence-corrected chi connectivity index (χ1v) is 7.85. The molecule has 26 heavy (non-hydrogen) atoms. The summed E-state index contributed by atoms with van der Waals surface area (Å²) in [4.78, 5) is 7.93. The third-order valence-electron chi connectivity index (χ3n) is 3.51. The predicted octanol–water partition coefficient (Wildman–Crippen LogP) is 3.69. The maximum absolute atomic E-state index is 13.0. The van der Waals surface area contributed by atoms with Crippen LogP contribution in [-0.2, 0) is 12.7 Å². The van der Waals surface area contributed by atoms with Gasteiger partial charge in [-0.3, -0.25) is 0 Å². The fourth-order valence-corrected chi connectivity index (χ4v) is 2.28. The van der Waals surface area contributed by atoms with Gasteiger partial charge in [-0.1, -0.05) is 12.1 Å². The monoisotopic (exact) mass is 363 g/mol. The van der Waals surface area contributed by atoms with Crippen molar-refractivity contribution in [3.05, 3.63) is 60.2 Å². The molecule has 0 atom stereocenters. The Balaban J connectivity index is 1.73. The highest BCUT2D eigenvalue weighted by atomic mass is 19.4. The number of aromatic nitrogens is 4. The molecule has 2 heterocycles. The van der Waals surface area contributed by atoms with Crippen molar-refractivity contribution >= 4 is 5.82 Å². The summed E-state index contributed by atoms with van der Waals surface area (Å²) in [6, 6.07) is 9.24. The van der Waals surface area contributed by atoms with Crippen LogP contribution in [0.1, 0.15) is 18.1 Å². The van der Waals surface area contributed by atoms with E-state index < -0.39 is 11.7 Å². The molecule has 0 unspecified atom stereocenters. The van der Waals surface area contributed by atoms with Crippen LogP contribution in [-0.4, -0.2) is 26.4 Å². The zero-order valence-electron chi connectivity index (χ0n) is 13.9. The topological polar surface area (TPSA) is 64.9 Å². The first kappa shape index (κ1) is 17.7. The van der Waals surface area contributed by atoms with E-state index >= 15 is 0 Å². The number of anilines is 1. The Morgan fingerprint density at radius 3 is 2.54 bits per heavy atom. The average molecular weight is 363 g/mol. The molecule has 9 heteroatoms. The second-order valence-corrected chi connectivity index (χ2v) is 5.37. The first-order chi connectivity index (χ1) is 12.5. The molecule has 0 amide bonds. The number of alkyl halides is 3. The summed E-state index contributed by atoms with van der Waals surface area (Å²) < 4.78 is 45.8. The van der Waals surface area contributed by atoms with Crippen molar-refractivity contribution in [1.29, 1.82) is 0 Å². The average Bonchev–Trinajstić information content (AvgIpc) is 3.14. The molecule has 6 nitrogen and oxygen atoms in total. The number of pyridine rings is 1. The van der Waals surface area contributed by atoms with E-state index in [9.17, 15) is 13.2 Å². The highest BCUT2D eigenvalue weighted by Crippen LogP contribution is 2.32. The molecule has 0 spiro atoms. The van der Waals surface area contributed by atoms with Crippen LogP contribution in [0.25, 0.3) is 5.69 Å². The van der Waals surface area contributed by atoms with Crippen LogP contribution in [0.5, 0.6) is 5.88 Å². The minimum absolute atomic E-state index is 0.0636. The summed E-state index contributed by atoms with van der Waals surface area (Å²) in [7, 11) is 0. The Morgan fingerprint density at radius 1 is 1.15 bits per heavy atom. The van der Waals surface area contributed by atoms with Crippen molar-refractivity contribution in [2.45, 2.75) is 19.6 Å². The molecular weight excluding hydrogens is 347 g/mol. The lowest BCUT2D eigenvalue weighted by Crippen LogP contribution is -2.09. The lowest BCUT2D eigenvalue weighted by atomic mass is 10.2. The molecule has 0 aliphatic heterocycles. The van der Waals surface area contributed by atoms with E-state index in [0.29, 0.717) is 6.54 Å². The Kier molecular flexibility index (Phi) is 5.06. The van der Waals surface area contributed by atoms with Crippen molar-refractivity contribution < 1.29 is 17.9 Å². The molecular formula is C17H16F3N5O. The van der Waals surface area contributed by atoms with Gasteiger partial charge in [0, 0.05) is 12.6 Å². The summed E-state index contributed by atoms with van der Waals surface area (Å²) >= 11 is 0. The second kappa shape index (κ2) is 7.42. The minimum atomic E-state index is -4.47. The smallest absolute Gasteiger partial charge is 0.416 e. The van der Waals surface area contributed by atoms with Crippen LogP contribution in [0, 0.1) is 0 Å². The summed E-state index contributed by atoms with van der Waals surface area (Å²) in [6.07, 6.45) is -1.45. The summed E-state index contributed by atoms with van der Waals surface area (Å²) in [5, 5.41) is 6.93. The van der Waals surface area contributed by atoms with E-state index in [1.54, 1.807) is 17.9 Å². The molecule has 0 saturated carbocycles. The fourth-order valence-electron chi connectivity index (χ4n) is 2.28. The summed E-state index contributed by atoms with van der Waals surface area (Å²) in [6.45, 7) is 2.24. The highest BCUT2D eigenvalue weighted by molar-refractivity contribution is 5.44. The van der Waals surface area contributed by atoms with E-state index in [2.05, 4.69) is 20.4 Å². The lowest BCUT2D eigenvalue weighted by molar-refractivity contribution is -0.137. The molecule has 1 N–H and O–H groups in total. The van der Waals surface area contributed by atoms with Crippen molar-refractivity contribution in [3.63, 3.8) is 0 Å². The molecule has 2 aromatic heterocycles. The summed E-state index contributed by atoms with van der Waals surface area (Å²) in [5.41, 5.74) is 0.910. The SMILES string of the molecule is CCOc1cc(C(F)(F)F)cc(NCc2ccc(-n3cncn3)cc2)n1. The van der Waals surface area contributed by atoms with E-state index in [-0.39, 0.29) is 18.3 Å². The van der Waals surface area contributed by atoms with E-state index in [0.717, 1.165) is 23.4 Å². The van der Waals surface area contributed by atoms with Crippen LogP contribution in [0.15, 0.2) is 49.1 Å². The zero-order valence-corrected chi connectivity index (χ0v) is 13.9. The number of hydrogen-bond donors (Lipinski definition) is 1. The molecule has 0 radical (unpaired) electrons. The quantitative estimate of drug-likeness (QED) is 0.724. The Labute approximate surface area is 147 Å². The zero-order chi connectivity index (χ0) is 18.6. The van der Waals surface area contributed by atoms with Gasteiger partial charge < -0.3 is 10.1 Å². The van der Waals surface area contributed by atoms with Gasteiger partial charge in [0.05, 0.1) is 17.9 Å². The van der Waals surface area contributed by atoms with Crippen LogP contribution in [0.2, 0.25) is 0 Å². The van der Waals surface area contributed by atoms with Crippen molar-refractivity contribution in [2.24, 2.45) is 0 Å². The number of benzene rings is 1. The minimum Gasteiger partial charge on any atom is -0.478 e. The van der Waals surface area contributed by atoms with Gasteiger partial charge >= 0.3 is 6.18 Å². The third kappa shape index (κ3) is 4.29. The molecule has 1 aromatic carbocycles. The molecule has 0 aliphatic carbocycles. The van der Waals surface area contributed by atoms with Crippen molar-refractivity contribution in [2.75, 3.05) is 11.9 Å². The van der Waals surface area contributed by atoms with Gasteiger partial charge in [0.25, 0.3) is 0 Å². The Hall–Kier alpha value is -3.10. The summed E-state index contributed by atoms with van der Waals surface area (Å²) in [5.74, 6) is 0.0370. The largest absolute Gasteiger partial charge is 0.478 e. The van der Waals surface area contributed by atoms with Crippen molar-refractivity contribution in [1.82, 2.24) is 19.7 Å². The molecule has 3 aromatic rings. The number of nitrogens with zero attached hydrogens (tertiary/aromatic N) is 4. The van der Waals surface area contributed by atoms with E-state index in [1.165, 1.54) is 6.33 Å². The van der Waals surface area contributed by atoms with Gasteiger partial charge in [-0.2, -0.15) is 23.3 Å². The molecule has 0 fully saturated rings. The first-order valence-electron chi connectivity index (χ1n) is 7.85. The standard InChI is InChI=1S/C17H16F3N5O/c1-2-26-16-8-13(17(18,19)20)7-15(24-16)22-9-12-3-5-14(6-4-12)25-11-21-10-23-25/h3-8,10-11H,2,9H2,1H3,(H,22,24). The van der Waals surface area contributed by atoms with Gasteiger partial charge in [-0.25, -0.2) is 9.67 Å². The fraction of sp³-hybridized carbons (Fsp3) is 0.235. The van der Waals surface area contributed by atoms with Gasteiger partial charge in [0.15, 0.2) is 0 Å². The maximum atomic E-state index is 13.0. The second-order valence-electron chi connectivity index (χ2n) is 5.37. The molecule has 136 valence electrons. The van der Waals surface area contributed by atoms with Crippen LogP contribution < -0.4 is 10.1 Å². The molecule has 0 bridgehead atoms.